The number of aliphatic carboxylic acids is 3. The van der Waals surface area contributed by atoms with Crippen molar-refractivity contribution in [1.29, 1.82) is 5.41 Å². The van der Waals surface area contributed by atoms with Crippen molar-refractivity contribution in [3.8, 4) is 5.75 Å². The number of primary amides is 1. The fraction of sp³-hybridized carbons (Fsp3) is 0.500. The van der Waals surface area contributed by atoms with Gasteiger partial charge in [0.05, 0.1) is 31.3 Å². The predicted molar refractivity (Wildman–Crippen MR) is 306 cm³/mol. The van der Waals surface area contributed by atoms with Crippen molar-refractivity contribution in [2.45, 2.75) is 144 Å². The normalized spacial score (nSPS) is 15.1. The van der Waals surface area contributed by atoms with Crippen LogP contribution in [0.1, 0.15) is 69.9 Å². The number of benzene rings is 2. The maximum absolute atomic E-state index is 14.2. The lowest BCUT2D eigenvalue weighted by molar-refractivity contribution is -0.142. The summed E-state index contributed by atoms with van der Waals surface area (Å²) in [4.78, 5) is 170. The summed E-state index contributed by atoms with van der Waals surface area (Å²) in [5.74, 6) is -17.5. The highest BCUT2D eigenvalue weighted by molar-refractivity contribution is 7.80. The molecule has 0 saturated carbocycles. The Hall–Kier alpha value is -9.19. The Morgan fingerprint density at radius 1 is 0.517 bits per heavy atom. The van der Waals surface area contributed by atoms with Crippen molar-refractivity contribution in [3.63, 3.8) is 0 Å². The van der Waals surface area contributed by atoms with Gasteiger partial charge in [-0.15, -0.1) is 0 Å². The molecule has 0 aliphatic carbocycles. The molecule has 0 fully saturated rings. The summed E-state index contributed by atoms with van der Waals surface area (Å²) in [5, 5.41) is 101. The molecular weight excluding hydrogens is 1170 g/mol. The molecular formula is C52H76N14O20S. The third-order valence-electron chi connectivity index (χ3n) is 12.6. The molecule has 480 valence electrons. The van der Waals surface area contributed by atoms with Gasteiger partial charge in [-0.05, 0) is 62.8 Å². The number of aliphatic hydroxyl groups is 3. The van der Waals surface area contributed by atoms with Gasteiger partial charge in [0.1, 0.15) is 60.1 Å². The van der Waals surface area contributed by atoms with E-state index in [1.54, 1.807) is 30.3 Å². The summed E-state index contributed by atoms with van der Waals surface area (Å²) >= 11 is 3.90. The molecule has 34 nitrogen and oxygen atoms in total. The van der Waals surface area contributed by atoms with E-state index in [1.807, 2.05) is 5.32 Å². The molecule has 0 aliphatic rings. The number of thiol groups is 1. The van der Waals surface area contributed by atoms with Crippen LogP contribution < -0.4 is 70.4 Å². The summed E-state index contributed by atoms with van der Waals surface area (Å²) in [6.07, 6.45) is -8.30. The third kappa shape index (κ3) is 27.2. The van der Waals surface area contributed by atoms with Gasteiger partial charge in [-0.25, -0.2) is 4.79 Å². The number of phenolic OH excluding ortho intramolecular Hbond substituents is 1. The molecule has 87 heavy (non-hydrogen) atoms. The van der Waals surface area contributed by atoms with E-state index in [-0.39, 0.29) is 43.7 Å². The monoisotopic (exact) mass is 1250 g/mol. The van der Waals surface area contributed by atoms with Crippen LogP contribution in [-0.4, -0.2) is 210 Å². The zero-order valence-corrected chi connectivity index (χ0v) is 48.1. The van der Waals surface area contributed by atoms with Gasteiger partial charge in [-0.1, -0.05) is 42.5 Å². The number of aromatic hydroxyl groups is 1. The summed E-state index contributed by atoms with van der Waals surface area (Å²) in [7, 11) is 0. The number of hydrogen-bond donors (Lipinski definition) is 22. The van der Waals surface area contributed by atoms with Gasteiger partial charge < -0.3 is 106 Å². The second-order valence-corrected chi connectivity index (χ2v) is 20.1. The van der Waals surface area contributed by atoms with Crippen LogP contribution in [-0.2, 0) is 75.2 Å². The number of carboxylic acid groups (broad SMARTS) is 3. The van der Waals surface area contributed by atoms with E-state index in [2.05, 4.69) is 60.5 Å². The van der Waals surface area contributed by atoms with Crippen LogP contribution in [0.5, 0.6) is 5.75 Å². The Balaban J connectivity index is 2.43. The average molecular weight is 1250 g/mol. The number of nitrogens with one attached hydrogen (secondary N) is 11. The second kappa shape index (κ2) is 37.3. The van der Waals surface area contributed by atoms with Crippen molar-refractivity contribution >= 4 is 95.6 Å². The number of phenols is 1. The zero-order chi connectivity index (χ0) is 65.7. The first-order valence-electron chi connectivity index (χ1n) is 26.8. The van der Waals surface area contributed by atoms with E-state index < -0.39 is 194 Å². The highest BCUT2D eigenvalue weighted by Crippen LogP contribution is 2.14. The molecule has 10 amide bonds. The molecule has 0 bridgehead atoms. The minimum absolute atomic E-state index is 0.0692. The van der Waals surface area contributed by atoms with Crippen molar-refractivity contribution in [3.05, 3.63) is 65.7 Å². The van der Waals surface area contributed by atoms with Crippen LogP contribution in [0.3, 0.4) is 0 Å². The number of aliphatic hydroxyl groups excluding tert-OH is 3. The number of carbonyl (C=O) groups excluding carboxylic acids is 10. The Morgan fingerprint density at radius 2 is 0.931 bits per heavy atom. The number of hydrogen-bond acceptors (Lipinski definition) is 20. The Bertz CT molecular complexity index is 2740. The van der Waals surface area contributed by atoms with Gasteiger partial charge in [-0.3, -0.25) is 62.9 Å². The first-order chi connectivity index (χ1) is 40.9. The van der Waals surface area contributed by atoms with Gasteiger partial charge >= 0.3 is 17.9 Å². The standard InChI is InChI=1S/C52H76N14O20S/c1-24(68)40(66-45(79)32(15-17-38(72)73)59-48(82)36(22-67)64-47(81)34(21-39(74)75)61-43(77)31(14-16-37(54)71)58-42(76)29(53)23-87)49(83)60-30(9-6-18-57-52(55)56)44(78)65-41(25(2)69)50(84)62-33(19-26-7-4-3-5-8-26)46(80)63-35(51(85)86)20-27-10-12-28(70)13-11-27/h3-5,7-8,10-13,24-25,29-36,40-41,67-70,87H,6,9,14-23,53H2,1-2H3,(H2,54,71)(H,58,76)(H,59,82)(H,60,83)(H,61,77)(H,62,84)(H,63,80)(H,64,81)(H,65,78)(H,66,79)(H,72,73)(H,74,75)(H,85,86)(H4,55,56,57)/t24?,25?,29-,30-,31-,32-,33-,34-,35-,36-,40-,41-/m0/s1. The highest BCUT2D eigenvalue weighted by atomic mass is 32.1. The molecule has 0 heterocycles. The van der Waals surface area contributed by atoms with E-state index in [9.17, 15) is 98.1 Å². The Morgan fingerprint density at radius 3 is 1.41 bits per heavy atom. The van der Waals surface area contributed by atoms with Crippen molar-refractivity contribution in [1.82, 2.24) is 53.2 Å². The number of carbonyl (C=O) groups is 13. The molecule has 12 atom stereocenters. The quantitative estimate of drug-likeness (QED) is 0.0128. The number of guanidine groups is 1. The summed E-state index contributed by atoms with van der Waals surface area (Å²) in [6, 6.07) is -4.25. The summed E-state index contributed by atoms with van der Waals surface area (Å²) in [5.41, 5.74) is 17.1. The predicted octanol–water partition coefficient (Wildman–Crippen LogP) is -7.50. The lowest BCUT2D eigenvalue weighted by Crippen LogP contribution is -2.63. The minimum atomic E-state index is -2.09. The van der Waals surface area contributed by atoms with Crippen LogP contribution in [0.15, 0.2) is 54.6 Å². The molecule has 24 N–H and O–H groups in total. The topological polar surface area (TPSA) is 586 Å². The van der Waals surface area contributed by atoms with E-state index in [0.717, 1.165) is 13.8 Å². The van der Waals surface area contributed by atoms with Crippen molar-refractivity contribution in [2.24, 2.45) is 17.2 Å². The minimum Gasteiger partial charge on any atom is -0.508 e. The van der Waals surface area contributed by atoms with Crippen LogP contribution in [0.4, 0.5) is 0 Å². The van der Waals surface area contributed by atoms with E-state index in [4.69, 9.17) is 22.6 Å². The van der Waals surface area contributed by atoms with E-state index >= 15 is 0 Å². The molecule has 0 spiro atoms. The van der Waals surface area contributed by atoms with Crippen LogP contribution >= 0.6 is 12.6 Å². The number of carboxylic acids is 3. The molecule has 2 unspecified atom stereocenters. The maximum Gasteiger partial charge on any atom is 0.326 e. The number of amides is 10. The number of rotatable bonds is 39. The lowest BCUT2D eigenvalue weighted by Gasteiger charge is -2.29. The first-order valence-corrected chi connectivity index (χ1v) is 27.4. The van der Waals surface area contributed by atoms with Gasteiger partial charge in [0.15, 0.2) is 5.96 Å². The van der Waals surface area contributed by atoms with Gasteiger partial charge in [0.2, 0.25) is 59.1 Å². The fourth-order valence-electron chi connectivity index (χ4n) is 7.89. The molecule has 0 aliphatic heterocycles. The SMILES string of the molecule is CC(O)[C@H](NC(=O)[C@H](CCCNC(=N)N)NC(=O)[C@@H](NC(=O)[C@H](CCC(=O)O)NC(=O)[C@H](CO)NC(=O)[C@H](CC(=O)O)NC(=O)[C@H](CCC(N)=O)NC(=O)[C@@H](N)CS)C(C)O)C(=O)N[C@@H](Cc1ccccc1)C(=O)N[C@@H](Cc1ccc(O)cc1)C(=O)O. The molecule has 2 rings (SSSR count). The second-order valence-electron chi connectivity index (χ2n) is 19.8. The van der Waals surface area contributed by atoms with Gasteiger partial charge in [0.25, 0.3) is 0 Å². The molecule has 2 aromatic carbocycles. The average Bonchev–Trinajstić information content (AvgIpc) is 3.05. The number of nitrogens with two attached hydrogens (primary N) is 3. The van der Waals surface area contributed by atoms with Crippen molar-refractivity contribution < 1.29 is 98.1 Å². The smallest absolute Gasteiger partial charge is 0.326 e. The van der Waals surface area contributed by atoms with Gasteiger partial charge in [0, 0.05) is 38.0 Å². The Labute approximate surface area is 502 Å². The molecule has 0 radical (unpaired) electrons. The molecule has 0 aromatic heterocycles. The van der Waals surface area contributed by atoms with E-state index in [1.165, 1.54) is 24.3 Å². The van der Waals surface area contributed by atoms with Crippen LogP contribution in [0, 0.1) is 5.41 Å². The molecule has 0 saturated heterocycles. The fourth-order valence-corrected chi connectivity index (χ4v) is 8.05. The van der Waals surface area contributed by atoms with Crippen LogP contribution in [0.2, 0.25) is 0 Å². The summed E-state index contributed by atoms with van der Waals surface area (Å²) < 4.78 is 0. The zero-order valence-electron chi connectivity index (χ0n) is 47.2. The first kappa shape index (κ1) is 73.9. The van der Waals surface area contributed by atoms with Gasteiger partial charge in [-0.2, -0.15) is 12.6 Å². The Kier molecular flexibility index (Phi) is 31.7. The molecule has 35 heteroatoms. The highest BCUT2D eigenvalue weighted by Gasteiger charge is 2.38. The van der Waals surface area contributed by atoms with Crippen molar-refractivity contribution in [2.75, 3.05) is 18.9 Å². The van der Waals surface area contributed by atoms with E-state index in [0.29, 0.717) is 11.1 Å². The van der Waals surface area contributed by atoms with Crippen LogP contribution in [0.25, 0.3) is 0 Å². The maximum atomic E-state index is 14.2. The summed E-state index contributed by atoms with van der Waals surface area (Å²) in [6.45, 7) is 0.703. The lowest BCUT2D eigenvalue weighted by atomic mass is 10.0. The third-order valence-corrected chi connectivity index (χ3v) is 13.0. The largest absolute Gasteiger partial charge is 0.508 e. The molecule has 2 aromatic rings.